The molecule has 23 heavy (non-hydrogen) atoms. The Labute approximate surface area is 140 Å². The summed E-state index contributed by atoms with van der Waals surface area (Å²) in [6.07, 6.45) is 1.51. The Morgan fingerprint density at radius 1 is 1.22 bits per heavy atom. The second-order valence-corrected chi connectivity index (χ2v) is 5.28. The van der Waals surface area contributed by atoms with Gasteiger partial charge in [-0.3, -0.25) is 4.79 Å². The van der Waals surface area contributed by atoms with E-state index in [1.807, 2.05) is 54.6 Å². The summed E-state index contributed by atoms with van der Waals surface area (Å²) in [6.45, 7) is 0.270. The Balaban J connectivity index is 2.05. The van der Waals surface area contributed by atoms with E-state index in [0.29, 0.717) is 5.02 Å². The number of rotatable bonds is 5. The Morgan fingerprint density at radius 2 is 1.87 bits per heavy atom. The summed E-state index contributed by atoms with van der Waals surface area (Å²) in [5.74, 6) is -0.435. The molecule has 0 fully saturated rings. The first-order valence-corrected chi connectivity index (χ1v) is 7.41. The molecule has 0 aromatic heterocycles. The molecule has 0 radical (unpaired) electrons. The van der Waals surface area contributed by atoms with Crippen LogP contribution in [0.4, 0.5) is 5.69 Å². The van der Waals surface area contributed by atoms with Gasteiger partial charge in [0.05, 0.1) is 0 Å². The molecule has 1 N–H and O–H groups in total. The molecular weight excluding hydrogens is 310 g/mol. The van der Waals surface area contributed by atoms with Gasteiger partial charge in [0.15, 0.2) is 0 Å². The van der Waals surface area contributed by atoms with Crippen LogP contribution in [-0.4, -0.2) is 13.0 Å². The Bertz CT molecular complexity index is 750. The fourth-order valence-corrected chi connectivity index (χ4v) is 2.18. The molecule has 0 saturated heterocycles. The number of anilines is 1. The number of benzene rings is 2. The lowest BCUT2D eigenvalue weighted by Gasteiger charge is -2.14. The molecule has 0 spiro atoms. The quantitative estimate of drug-likeness (QED) is 0.676. The molecule has 0 saturated carbocycles. The van der Waals surface area contributed by atoms with Crippen LogP contribution in [0.3, 0.4) is 0 Å². The Hall–Kier alpha value is -2.77. The van der Waals surface area contributed by atoms with Crippen molar-refractivity contribution in [2.24, 2.45) is 0 Å². The Kier molecular flexibility index (Phi) is 5.79. The lowest BCUT2D eigenvalue weighted by atomic mass is 10.2. The highest BCUT2D eigenvalue weighted by Crippen LogP contribution is 2.15. The molecule has 0 atom stereocenters. The number of halogens is 1. The van der Waals surface area contributed by atoms with Gasteiger partial charge in [0.2, 0.25) is 0 Å². The molecule has 2 aromatic rings. The lowest BCUT2D eigenvalue weighted by molar-refractivity contribution is -0.117. The first kappa shape index (κ1) is 16.6. The number of hydrogen-bond donors (Lipinski definition) is 1. The van der Waals surface area contributed by atoms with Gasteiger partial charge in [-0.15, -0.1) is 0 Å². The second-order valence-electron chi connectivity index (χ2n) is 4.88. The van der Waals surface area contributed by atoms with Gasteiger partial charge in [-0.2, -0.15) is 5.26 Å². The van der Waals surface area contributed by atoms with Gasteiger partial charge in [-0.1, -0.05) is 48.0 Å². The molecule has 2 aromatic carbocycles. The molecule has 0 aliphatic carbocycles. The molecule has 4 nitrogen and oxygen atoms in total. The largest absolute Gasteiger partial charge is 0.350 e. The number of para-hydroxylation sites is 1. The summed E-state index contributed by atoms with van der Waals surface area (Å²) in [6, 6.07) is 18.7. The van der Waals surface area contributed by atoms with E-state index in [-0.39, 0.29) is 12.1 Å². The van der Waals surface area contributed by atoms with E-state index in [4.69, 9.17) is 11.6 Å². The van der Waals surface area contributed by atoms with E-state index in [9.17, 15) is 10.1 Å². The van der Waals surface area contributed by atoms with Crippen LogP contribution in [0.15, 0.2) is 66.4 Å². The molecule has 116 valence electrons. The maximum Gasteiger partial charge on any atom is 0.263 e. The zero-order valence-corrected chi connectivity index (χ0v) is 13.4. The topological polar surface area (TPSA) is 56.1 Å². The van der Waals surface area contributed by atoms with E-state index in [2.05, 4.69) is 5.32 Å². The van der Waals surface area contributed by atoms with Crippen molar-refractivity contribution in [3.05, 3.63) is 77.0 Å². The van der Waals surface area contributed by atoms with Crippen LogP contribution in [0, 0.1) is 11.3 Å². The number of carbonyl (C=O) groups is 1. The predicted molar refractivity (Wildman–Crippen MR) is 91.8 cm³/mol. The number of nitrogens with zero attached hydrogens (tertiary/aromatic N) is 2. The van der Waals surface area contributed by atoms with Crippen LogP contribution in [0.25, 0.3) is 0 Å². The number of nitriles is 1. The summed E-state index contributed by atoms with van der Waals surface area (Å²) in [4.78, 5) is 13.9. The van der Waals surface area contributed by atoms with Crippen LogP contribution in [0.5, 0.6) is 0 Å². The summed E-state index contributed by atoms with van der Waals surface area (Å²) in [5, 5.41) is 12.5. The van der Waals surface area contributed by atoms with E-state index in [1.165, 1.54) is 6.20 Å². The van der Waals surface area contributed by atoms with Crippen LogP contribution in [0.2, 0.25) is 5.02 Å². The fraction of sp³-hybridized carbons (Fsp3) is 0.111. The molecule has 0 heterocycles. The molecular formula is C18H16ClN3O. The summed E-state index contributed by atoms with van der Waals surface area (Å²) >= 11 is 6.05. The highest BCUT2D eigenvalue weighted by Gasteiger charge is 2.11. The fourth-order valence-electron chi connectivity index (χ4n) is 1.98. The smallest absolute Gasteiger partial charge is 0.263 e. The van der Waals surface area contributed by atoms with E-state index in [0.717, 1.165) is 11.3 Å². The Morgan fingerprint density at radius 3 is 2.52 bits per heavy atom. The van der Waals surface area contributed by atoms with E-state index in [1.54, 1.807) is 18.0 Å². The van der Waals surface area contributed by atoms with Gasteiger partial charge >= 0.3 is 0 Å². The summed E-state index contributed by atoms with van der Waals surface area (Å²) in [5.41, 5.74) is 1.72. The van der Waals surface area contributed by atoms with Gasteiger partial charge < -0.3 is 10.2 Å². The van der Waals surface area contributed by atoms with Crippen molar-refractivity contribution in [3.8, 4) is 6.07 Å². The van der Waals surface area contributed by atoms with Gasteiger partial charge in [0.25, 0.3) is 5.91 Å². The third kappa shape index (κ3) is 4.60. The van der Waals surface area contributed by atoms with Crippen molar-refractivity contribution < 1.29 is 4.79 Å². The van der Waals surface area contributed by atoms with Gasteiger partial charge in [-0.25, -0.2) is 0 Å². The zero-order valence-electron chi connectivity index (χ0n) is 12.7. The summed E-state index contributed by atoms with van der Waals surface area (Å²) < 4.78 is 0. The SMILES string of the molecule is CN(/C=C(/C#N)C(=O)NCc1ccccc1Cl)c1ccccc1. The average molecular weight is 326 g/mol. The van der Waals surface area contributed by atoms with Gasteiger partial charge in [0, 0.05) is 30.5 Å². The lowest BCUT2D eigenvalue weighted by Crippen LogP contribution is -2.25. The number of amides is 1. The van der Waals surface area contributed by atoms with Crippen molar-refractivity contribution >= 4 is 23.2 Å². The molecule has 2 rings (SSSR count). The van der Waals surface area contributed by atoms with Crippen LogP contribution < -0.4 is 10.2 Å². The number of nitrogens with one attached hydrogen (secondary N) is 1. The normalized spacial score (nSPS) is 10.7. The van der Waals surface area contributed by atoms with Crippen LogP contribution >= 0.6 is 11.6 Å². The van der Waals surface area contributed by atoms with Gasteiger partial charge in [0.1, 0.15) is 11.6 Å². The first-order valence-electron chi connectivity index (χ1n) is 7.03. The van der Waals surface area contributed by atoms with E-state index < -0.39 is 5.91 Å². The monoisotopic (exact) mass is 325 g/mol. The van der Waals surface area contributed by atoms with Crippen molar-refractivity contribution in [1.29, 1.82) is 5.26 Å². The molecule has 5 heteroatoms. The van der Waals surface area contributed by atoms with Crippen molar-refractivity contribution in [1.82, 2.24) is 5.32 Å². The third-order valence-electron chi connectivity index (χ3n) is 3.25. The zero-order chi connectivity index (χ0) is 16.7. The third-order valence-corrected chi connectivity index (χ3v) is 3.62. The average Bonchev–Trinajstić information content (AvgIpc) is 2.59. The van der Waals surface area contributed by atoms with E-state index >= 15 is 0 Å². The molecule has 0 unspecified atom stereocenters. The minimum atomic E-state index is -0.435. The number of carbonyl (C=O) groups excluding carboxylic acids is 1. The predicted octanol–water partition coefficient (Wildman–Crippen LogP) is 3.50. The van der Waals surface area contributed by atoms with Crippen LogP contribution in [-0.2, 0) is 11.3 Å². The highest BCUT2D eigenvalue weighted by atomic mass is 35.5. The highest BCUT2D eigenvalue weighted by molar-refractivity contribution is 6.31. The first-order chi connectivity index (χ1) is 11.1. The van der Waals surface area contributed by atoms with Crippen molar-refractivity contribution in [3.63, 3.8) is 0 Å². The minimum absolute atomic E-state index is 0.0309. The summed E-state index contributed by atoms with van der Waals surface area (Å²) in [7, 11) is 1.79. The van der Waals surface area contributed by atoms with Crippen LogP contribution in [0.1, 0.15) is 5.56 Å². The maximum atomic E-state index is 12.2. The standard InChI is InChI=1S/C18H16ClN3O/c1-22(16-8-3-2-4-9-16)13-15(11-20)18(23)21-12-14-7-5-6-10-17(14)19/h2-10,13H,12H2,1H3,(H,21,23)/b15-13-. The molecule has 1 amide bonds. The minimum Gasteiger partial charge on any atom is -0.350 e. The molecule has 0 aliphatic heterocycles. The van der Waals surface area contributed by atoms with Crippen molar-refractivity contribution in [2.75, 3.05) is 11.9 Å². The second kappa shape index (κ2) is 8.02. The number of hydrogen-bond acceptors (Lipinski definition) is 3. The maximum absolute atomic E-state index is 12.2. The van der Waals surface area contributed by atoms with Crippen molar-refractivity contribution in [2.45, 2.75) is 6.54 Å². The molecule has 0 bridgehead atoms. The van der Waals surface area contributed by atoms with Gasteiger partial charge in [-0.05, 0) is 23.8 Å². The molecule has 0 aliphatic rings.